The molecular weight excluding hydrogens is 254 g/mol. The number of benzene rings is 1. The van der Waals surface area contributed by atoms with Gasteiger partial charge in [0.1, 0.15) is 0 Å². The average Bonchev–Trinajstić information content (AvgIpc) is 2.28. The van der Waals surface area contributed by atoms with Gasteiger partial charge in [0.05, 0.1) is 5.56 Å². The van der Waals surface area contributed by atoms with E-state index in [0.717, 1.165) is 19.3 Å². The molecular formula is C13H16ClNO3. The van der Waals surface area contributed by atoms with Gasteiger partial charge in [0.15, 0.2) is 0 Å². The number of hydrogen-bond acceptors (Lipinski definition) is 2. The van der Waals surface area contributed by atoms with Crippen molar-refractivity contribution in [1.82, 2.24) is 0 Å². The second-order valence-corrected chi connectivity index (χ2v) is 4.48. The maximum Gasteiger partial charge on any atom is 0.335 e. The van der Waals surface area contributed by atoms with E-state index in [-0.39, 0.29) is 11.5 Å². The fourth-order valence-electron chi connectivity index (χ4n) is 1.54. The van der Waals surface area contributed by atoms with Gasteiger partial charge in [-0.3, -0.25) is 4.79 Å². The third kappa shape index (κ3) is 4.75. The Morgan fingerprint density at radius 3 is 2.61 bits per heavy atom. The van der Waals surface area contributed by atoms with E-state index >= 15 is 0 Å². The summed E-state index contributed by atoms with van der Waals surface area (Å²) in [5, 5.41) is 11.8. The highest BCUT2D eigenvalue weighted by Gasteiger charge is 2.08. The summed E-state index contributed by atoms with van der Waals surface area (Å²) in [7, 11) is 0. The quantitative estimate of drug-likeness (QED) is 0.776. The van der Waals surface area contributed by atoms with Gasteiger partial charge >= 0.3 is 5.97 Å². The lowest BCUT2D eigenvalue weighted by atomic mass is 10.1. The SMILES string of the molecule is CCCCCC(=O)Nc1cc(Cl)cc(C(=O)O)c1. The Bertz CT molecular complexity index is 446. The highest BCUT2D eigenvalue weighted by atomic mass is 35.5. The zero-order valence-corrected chi connectivity index (χ0v) is 11.0. The first-order valence-electron chi connectivity index (χ1n) is 5.86. The van der Waals surface area contributed by atoms with Crippen molar-refractivity contribution in [3.05, 3.63) is 28.8 Å². The Morgan fingerprint density at radius 2 is 2.00 bits per heavy atom. The predicted octanol–water partition coefficient (Wildman–Crippen LogP) is 3.56. The molecule has 4 nitrogen and oxygen atoms in total. The summed E-state index contributed by atoms with van der Waals surface area (Å²) in [5.41, 5.74) is 0.479. The van der Waals surface area contributed by atoms with Crippen LogP contribution in [0.25, 0.3) is 0 Å². The molecule has 0 heterocycles. The number of hydrogen-bond donors (Lipinski definition) is 2. The largest absolute Gasteiger partial charge is 0.478 e. The van der Waals surface area contributed by atoms with Crippen molar-refractivity contribution in [2.45, 2.75) is 32.6 Å². The summed E-state index contributed by atoms with van der Waals surface area (Å²) >= 11 is 5.79. The van der Waals surface area contributed by atoms with Gasteiger partial charge in [0.25, 0.3) is 0 Å². The molecule has 0 aliphatic rings. The molecule has 0 aliphatic heterocycles. The van der Waals surface area contributed by atoms with Gasteiger partial charge in [0, 0.05) is 17.1 Å². The standard InChI is InChI=1S/C13H16ClNO3/c1-2-3-4-5-12(16)15-11-7-9(13(17)18)6-10(14)8-11/h6-8H,2-5H2,1H3,(H,15,16)(H,17,18). The van der Waals surface area contributed by atoms with Crippen LogP contribution in [0, 0.1) is 0 Å². The molecule has 0 saturated heterocycles. The predicted molar refractivity (Wildman–Crippen MR) is 71.2 cm³/mol. The highest BCUT2D eigenvalue weighted by Crippen LogP contribution is 2.19. The van der Waals surface area contributed by atoms with E-state index in [1.165, 1.54) is 18.2 Å². The molecule has 1 aromatic carbocycles. The van der Waals surface area contributed by atoms with Crippen LogP contribution in [0.5, 0.6) is 0 Å². The van der Waals surface area contributed by atoms with Crippen molar-refractivity contribution in [3.8, 4) is 0 Å². The lowest BCUT2D eigenvalue weighted by Gasteiger charge is -2.06. The number of carboxylic acids is 1. The molecule has 0 fully saturated rings. The van der Waals surface area contributed by atoms with Crippen LogP contribution >= 0.6 is 11.6 Å². The van der Waals surface area contributed by atoms with Crippen LogP contribution in [0.4, 0.5) is 5.69 Å². The maximum atomic E-state index is 11.6. The van der Waals surface area contributed by atoms with E-state index in [1.807, 2.05) is 0 Å². The first-order valence-corrected chi connectivity index (χ1v) is 6.24. The molecule has 0 radical (unpaired) electrons. The van der Waals surface area contributed by atoms with Gasteiger partial charge < -0.3 is 10.4 Å². The van der Waals surface area contributed by atoms with Gasteiger partial charge in [-0.2, -0.15) is 0 Å². The number of carboxylic acid groups (broad SMARTS) is 1. The molecule has 0 spiro atoms. The van der Waals surface area contributed by atoms with Gasteiger partial charge in [-0.05, 0) is 24.6 Å². The van der Waals surface area contributed by atoms with Crippen molar-refractivity contribution in [3.63, 3.8) is 0 Å². The lowest BCUT2D eigenvalue weighted by molar-refractivity contribution is -0.116. The number of rotatable bonds is 6. The van der Waals surface area contributed by atoms with Crippen LogP contribution in [0.15, 0.2) is 18.2 Å². The second-order valence-electron chi connectivity index (χ2n) is 4.04. The summed E-state index contributed by atoms with van der Waals surface area (Å²) in [5.74, 6) is -1.19. The van der Waals surface area contributed by atoms with Crippen LogP contribution in [-0.2, 0) is 4.79 Å². The molecule has 0 unspecified atom stereocenters. The summed E-state index contributed by atoms with van der Waals surface area (Å²) in [6.07, 6.45) is 3.31. The average molecular weight is 270 g/mol. The van der Waals surface area contributed by atoms with Crippen molar-refractivity contribution < 1.29 is 14.7 Å². The molecule has 0 saturated carbocycles. The smallest absolute Gasteiger partial charge is 0.335 e. The third-order valence-electron chi connectivity index (χ3n) is 2.44. The van der Waals surface area contributed by atoms with E-state index in [0.29, 0.717) is 17.1 Å². The van der Waals surface area contributed by atoms with E-state index < -0.39 is 5.97 Å². The normalized spacial score (nSPS) is 10.1. The molecule has 1 aromatic rings. The van der Waals surface area contributed by atoms with E-state index in [2.05, 4.69) is 12.2 Å². The third-order valence-corrected chi connectivity index (χ3v) is 2.65. The molecule has 0 bridgehead atoms. The molecule has 1 rings (SSSR count). The lowest BCUT2D eigenvalue weighted by Crippen LogP contribution is -2.11. The maximum absolute atomic E-state index is 11.6. The number of nitrogens with one attached hydrogen (secondary N) is 1. The molecule has 0 atom stereocenters. The Morgan fingerprint density at radius 1 is 1.28 bits per heavy atom. The van der Waals surface area contributed by atoms with Crippen LogP contribution in [-0.4, -0.2) is 17.0 Å². The number of aromatic carboxylic acids is 1. The van der Waals surface area contributed by atoms with E-state index in [4.69, 9.17) is 16.7 Å². The van der Waals surface area contributed by atoms with Crippen molar-refractivity contribution >= 4 is 29.2 Å². The highest BCUT2D eigenvalue weighted by molar-refractivity contribution is 6.31. The number of unbranched alkanes of at least 4 members (excludes halogenated alkanes) is 2. The minimum absolute atomic E-state index is 0.0614. The summed E-state index contributed by atoms with van der Waals surface area (Å²) in [6.45, 7) is 2.06. The van der Waals surface area contributed by atoms with E-state index in [9.17, 15) is 9.59 Å². The fraction of sp³-hybridized carbons (Fsp3) is 0.385. The number of carbonyl (C=O) groups excluding carboxylic acids is 1. The zero-order valence-electron chi connectivity index (χ0n) is 10.2. The summed E-state index contributed by atoms with van der Waals surface area (Å²) < 4.78 is 0. The zero-order chi connectivity index (χ0) is 13.5. The van der Waals surface area contributed by atoms with Crippen molar-refractivity contribution in [1.29, 1.82) is 0 Å². The Kier molecular flexibility index (Phi) is 5.65. The summed E-state index contributed by atoms with van der Waals surface area (Å²) in [4.78, 5) is 22.4. The number of carbonyl (C=O) groups is 2. The first-order chi connectivity index (χ1) is 8.52. The van der Waals surface area contributed by atoms with Gasteiger partial charge in [0.2, 0.25) is 5.91 Å². The van der Waals surface area contributed by atoms with Gasteiger partial charge in [-0.25, -0.2) is 4.79 Å². The Hall–Kier alpha value is -1.55. The minimum atomic E-state index is -1.07. The first kappa shape index (κ1) is 14.5. The van der Waals surface area contributed by atoms with E-state index in [1.54, 1.807) is 0 Å². The van der Waals surface area contributed by atoms with Crippen LogP contribution in [0.2, 0.25) is 5.02 Å². The number of halogens is 1. The molecule has 5 heteroatoms. The minimum Gasteiger partial charge on any atom is -0.478 e. The number of amides is 1. The fourth-order valence-corrected chi connectivity index (χ4v) is 1.78. The van der Waals surface area contributed by atoms with Crippen molar-refractivity contribution in [2.75, 3.05) is 5.32 Å². The Labute approximate surface area is 111 Å². The topological polar surface area (TPSA) is 66.4 Å². The molecule has 1 amide bonds. The molecule has 2 N–H and O–H groups in total. The molecule has 18 heavy (non-hydrogen) atoms. The molecule has 0 aliphatic carbocycles. The van der Waals surface area contributed by atoms with Crippen molar-refractivity contribution in [2.24, 2.45) is 0 Å². The van der Waals surface area contributed by atoms with Crippen LogP contribution < -0.4 is 5.32 Å². The van der Waals surface area contributed by atoms with Gasteiger partial charge in [-0.1, -0.05) is 31.4 Å². The summed E-state index contributed by atoms with van der Waals surface area (Å²) in [6, 6.07) is 4.27. The van der Waals surface area contributed by atoms with Gasteiger partial charge in [-0.15, -0.1) is 0 Å². The number of anilines is 1. The van der Waals surface area contributed by atoms with Crippen LogP contribution in [0.1, 0.15) is 43.0 Å². The monoisotopic (exact) mass is 269 g/mol. The second kappa shape index (κ2) is 7.01. The molecule has 0 aromatic heterocycles. The Balaban J connectivity index is 2.66. The van der Waals surface area contributed by atoms with Crippen LogP contribution in [0.3, 0.4) is 0 Å². The molecule has 98 valence electrons.